The highest BCUT2D eigenvalue weighted by Gasteiger charge is 2.33. The van der Waals surface area contributed by atoms with Crippen molar-refractivity contribution in [3.8, 4) is 5.75 Å². The van der Waals surface area contributed by atoms with E-state index in [1.54, 1.807) is 0 Å². The second kappa shape index (κ2) is 9.05. The van der Waals surface area contributed by atoms with Crippen molar-refractivity contribution in [1.82, 2.24) is 0 Å². The van der Waals surface area contributed by atoms with E-state index in [9.17, 15) is 17.6 Å². The Morgan fingerprint density at radius 2 is 1.68 bits per heavy atom. The molecule has 0 heterocycles. The van der Waals surface area contributed by atoms with E-state index in [0.29, 0.717) is 17.9 Å². The highest BCUT2D eigenvalue weighted by molar-refractivity contribution is 5.71. The number of fused-ring (bicyclic) bond motifs is 1. The Hall–Kier alpha value is -2.30. The van der Waals surface area contributed by atoms with Crippen LogP contribution in [0.5, 0.6) is 5.75 Å². The summed E-state index contributed by atoms with van der Waals surface area (Å²) in [6.45, 7) is 2.26. The summed E-state index contributed by atoms with van der Waals surface area (Å²) in [6.07, 6.45) is 5.50. The van der Waals surface area contributed by atoms with E-state index in [1.165, 1.54) is 50.2 Å². The van der Waals surface area contributed by atoms with Gasteiger partial charge < -0.3 is 4.74 Å². The molecule has 0 amide bonds. The van der Waals surface area contributed by atoms with Crippen molar-refractivity contribution in [3.63, 3.8) is 0 Å². The minimum atomic E-state index is -4.90. The van der Waals surface area contributed by atoms with Crippen molar-refractivity contribution in [2.45, 2.75) is 70.6 Å². The van der Waals surface area contributed by atoms with Crippen LogP contribution in [0.4, 0.5) is 17.6 Å². The maximum absolute atomic E-state index is 14.5. The van der Waals surface area contributed by atoms with Crippen LogP contribution in [0.25, 0.3) is 5.57 Å². The third-order valence-corrected chi connectivity index (χ3v) is 6.76. The Labute approximate surface area is 181 Å². The van der Waals surface area contributed by atoms with Crippen LogP contribution in [0, 0.1) is 11.7 Å². The van der Waals surface area contributed by atoms with Gasteiger partial charge in [-0.05, 0) is 84.3 Å². The van der Waals surface area contributed by atoms with Gasteiger partial charge in [-0.1, -0.05) is 56.2 Å². The molecule has 5 heteroatoms. The lowest BCUT2D eigenvalue weighted by atomic mass is 9.77. The largest absolute Gasteiger partial charge is 0.573 e. The van der Waals surface area contributed by atoms with E-state index >= 15 is 0 Å². The Kier molecular flexibility index (Phi) is 6.40. The molecule has 166 valence electrons. The molecule has 1 nitrogen and oxygen atoms in total. The fraction of sp³-hybridized carbons (Fsp3) is 0.462. The van der Waals surface area contributed by atoms with Gasteiger partial charge in [-0.2, -0.15) is 0 Å². The molecule has 0 unspecified atom stereocenters. The molecule has 1 saturated carbocycles. The van der Waals surface area contributed by atoms with Crippen LogP contribution in [-0.2, 0) is 12.8 Å². The summed E-state index contributed by atoms with van der Waals surface area (Å²) in [5.74, 6) is -0.167. The Bertz CT molecular complexity index is 935. The van der Waals surface area contributed by atoms with Crippen LogP contribution in [0.2, 0.25) is 0 Å². The lowest BCUT2D eigenvalue weighted by molar-refractivity contribution is -0.275. The lowest BCUT2D eigenvalue weighted by Crippen LogP contribution is -2.19. The Balaban J connectivity index is 1.44. The average Bonchev–Trinajstić information content (AvgIpc) is 2.76. The first kappa shape index (κ1) is 21.9. The molecule has 4 rings (SSSR count). The molecule has 31 heavy (non-hydrogen) atoms. The third-order valence-electron chi connectivity index (χ3n) is 6.76. The fourth-order valence-corrected chi connectivity index (χ4v) is 5.11. The highest BCUT2D eigenvalue weighted by atomic mass is 19.4. The maximum atomic E-state index is 14.5. The number of hydrogen-bond donors (Lipinski definition) is 0. The quantitative estimate of drug-likeness (QED) is 0.435. The number of benzene rings is 2. The summed E-state index contributed by atoms with van der Waals surface area (Å²) < 4.78 is 55.7. The van der Waals surface area contributed by atoms with Crippen LogP contribution < -0.4 is 4.74 Å². The molecule has 0 aromatic heterocycles. The number of hydrogen-bond acceptors (Lipinski definition) is 1. The first-order valence-electron chi connectivity index (χ1n) is 11.2. The van der Waals surface area contributed by atoms with Gasteiger partial charge in [0.2, 0.25) is 0 Å². The molecule has 0 atom stereocenters. The van der Waals surface area contributed by atoms with Crippen molar-refractivity contribution >= 4 is 5.57 Å². The molecule has 1 fully saturated rings. The molecule has 0 radical (unpaired) electrons. The lowest BCUT2D eigenvalue weighted by Gasteiger charge is -2.28. The van der Waals surface area contributed by atoms with Gasteiger partial charge in [0.05, 0.1) is 0 Å². The van der Waals surface area contributed by atoms with Gasteiger partial charge in [-0.3, -0.25) is 0 Å². The van der Waals surface area contributed by atoms with Gasteiger partial charge >= 0.3 is 6.36 Å². The zero-order valence-electron chi connectivity index (χ0n) is 17.8. The molecule has 0 aliphatic heterocycles. The standard InChI is InChI=1S/C26H28F4O/c1-2-3-17-4-6-18(7-5-17)19-8-10-20(11-9-19)21-12-14-23-22(16-21)13-15-24(25(23)27)31-26(28,29)30/h8-13,15,17-18H,2-7,14,16H2,1H3. The first-order valence-corrected chi connectivity index (χ1v) is 11.2. The Morgan fingerprint density at radius 1 is 0.968 bits per heavy atom. The summed E-state index contributed by atoms with van der Waals surface area (Å²) in [4.78, 5) is 0. The minimum Gasteiger partial charge on any atom is -0.403 e. The van der Waals surface area contributed by atoms with Crippen molar-refractivity contribution in [3.05, 3.63) is 70.5 Å². The number of allylic oxidation sites excluding steroid dienone is 2. The number of halogens is 4. The van der Waals surface area contributed by atoms with Gasteiger partial charge in [-0.15, -0.1) is 13.2 Å². The monoisotopic (exact) mass is 432 g/mol. The normalized spacial score (nSPS) is 21.4. The van der Waals surface area contributed by atoms with E-state index in [1.807, 2.05) is 6.08 Å². The molecular weight excluding hydrogens is 404 g/mol. The molecule has 2 aliphatic carbocycles. The predicted octanol–water partition coefficient (Wildman–Crippen LogP) is 7.98. The van der Waals surface area contributed by atoms with E-state index in [-0.39, 0.29) is 12.0 Å². The Morgan fingerprint density at radius 3 is 2.32 bits per heavy atom. The first-order chi connectivity index (χ1) is 14.8. The van der Waals surface area contributed by atoms with Gasteiger partial charge in [0, 0.05) is 0 Å². The number of alkyl halides is 3. The van der Waals surface area contributed by atoms with Gasteiger partial charge in [0.15, 0.2) is 11.6 Å². The number of ether oxygens (including phenoxy) is 1. The summed E-state index contributed by atoms with van der Waals surface area (Å²) in [6, 6.07) is 11.3. The topological polar surface area (TPSA) is 9.23 Å². The molecule has 2 aliphatic rings. The van der Waals surface area contributed by atoms with Crippen LogP contribution in [-0.4, -0.2) is 6.36 Å². The molecule has 0 saturated heterocycles. The molecule has 2 aromatic carbocycles. The molecule has 0 N–H and O–H groups in total. The van der Waals surface area contributed by atoms with Crippen LogP contribution in [0.3, 0.4) is 0 Å². The zero-order valence-corrected chi connectivity index (χ0v) is 17.8. The fourth-order valence-electron chi connectivity index (χ4n) is 5.11. The van der Waals surface area contributed by atoms with Gasteiger partial charge in [-0.25, -0.2) is 4.39 Å². The van der Waals surface area contributed by atoms with Crippen molar-refractivity contribution in [1.29, 1.82) is 0 Å². The maximum Gasteiger partial charge on any atom is 0.573 e. The van der Waals surface area contributed by atoms with E-state index in [2.05, 4.69) is 35.9 Å². The zero-order chi connectivity index (χ0) is 22.0. The minimum absolute atomic E-state index is 0.259. The van der Waals surface area contributed by atoms with Crippen LogP contribution >= 0.6 is 0 Å². The summed E-state index contributed by atoms with van der Waals surface area (Å²) in [7, 11) is 0. The van der Waals surface area contributed by atoms with E-state index in [0.717, 1.165) is 23.1 Å². The molecule has 2 aromatic rings. The summed E-state index contributed by atoms with van der Waals surface area (Å²) >= 11 is 0. The predicted molar refractivity (Wildman–Crippen MR) is 115 cm³/mol. The van der Waals surface area contributed by atoms with Gasteiger partial charge in [0.25, 0.3) is 0 Å². The molecular formula is C26H28F4O. The van der Waals surface area contributed by atoms with Crippen LogP contribution in [0.1, 0.15) is 73.6 Å². The van der Waals surface area contributed by atoms with Gasteiger partial charge in [0.1, 0.15) is 0 Å². The van der Waals surface area contributed by atoms with Crippen molar-refractivity contribution in [2.24, 2.45) is 5.92 Å². The number of rotatable bonds is 5. The molecule has 0 bridgehead atoms. The smallest absolute Gasteiger partial charge is 0.403 e. The second-order valence-corrected chi connectivity index (χ2v) is 8.80. The highest BCUT2D eigenvalue weighted by Crippen LogP contribution is 2.39. The SMILES string of the molecule is CCCC1CCC(c2ccc(C3=CCc4c(ccc(OC(F)(F)F)c4F)C3)cc2)CC1. The summed E-state index contributed by atoms with van der Waals surface area (Å²) in [5.41, 5.74) is 4.55. The molecule has 0 spiro atoms. The van der Waals surface area contributed by atoms with E-state index < -0.39 is 17.9 Å². The average molecular weight is 433 g/mol. The van der Waals surface area contributed by atoms with Crippen molar-refractivity contribution < 1.29 is 22.3 Å². The second-order valence-electron chi connectivity index (χ2n) is 8.80. The van der Waals surface area contributed by atoms with E-state index in [4.69, 9.17) is 0 Å². The third kappa shape index (κ3) is 5.13. The summed E-state index contributed by atoms with van der Waals surface area (Å²) in [5, 5.41) is 0. The van der Waals surface area contributed by atoms with Crippen LogP contribution in [0.15, 0.2) is 42.5 Å². The van der Waals surface area contributed by atoms with Crippen molar-refractivity contribution in [2.75, 3.05) is 0 Å².